The Morgan fingerprint density at radius 2 is 0.933 bits per heavy atom. The van der Waals surface area contributed by atoms with Crippen molar-refractivity contribution in [2.45, 2.75) is 89.0 Å². The first-order valence-electron chi connectivity index (χ1n) is 20.5. The van der Waals surface area contributed by atoms with Crippen LogP contribution in [0.2, 0.25) is 0 Å². The second-order valence-corrected chi connectivity index (χ2v) is 15.8. The van der Waals surface area contributed by atoms with Crippen LogP contribution >= 0.6 is 0 Å². The molecule has 0 aliphatic rings. The van der Waals surface area contributed by atoms with Gasteiger partial charge in [0.25, 0.3) is 0 Å². The molecule has 6 aromatic rings. The van der Waals surface area contributed by atoms with Gasteiger partial charge in [-0.2, -0.15) is 0 Å². The Morgan fingerprint density at radius 1 is 0.567 bits per heavy atom. The van der Waals surface area contributed by atoms with Crippen LogP contribution in [-0.4, -0.2) is 86.4 Å². The third-order valence-corrected chi connectivity index (χ3v) is 10.8. The number of unbranched alkanes of at least 4 members (excludes halogenated alkanes) is 1. The number of carbonyl (C=O) groups excluding carboxylic acids is 4. The molecule has 3 aromatic heterocycles. The molecule has 3 heterocycles. The molecule has 3 aromatic carbocycles. The van der Waals surface area contributed by atoms with Crippen LogP contribution in [0.15, 0.2) is 91.4 Å². The van der Waals surface area contributed by atoms with E-state index in [1.807, 2.05) is 86.6 Å². The van der Waals surface area contributed by atoms with E-state index in [1.165, 1.54) is 0 Å². The van der Waals surface area contributed by atoms with Crippen LogP contribution in [0.3, 0.4) is 0 Å². The lowest BCUT2D eigenvalue weighted by molar-refractivity contribution is -0.142. The van der Waals surface area contributed by atoms with Crippen molar-refractivity contribution in [3.63, 3.8) is 0 Å². The van der Waals surface area contributed by atoms with Crippen molar-refractivity contribution in [2.75, 3.05) is 6.54 Å². The van der Waals surface area contributed by atoms with Crippen LogP contribution in [0.25, 0.3) is 32.7 Å². The second-order valence-electron chi connectivity index (χ2n) is 15.8. The van der Waals surface area contributed by atoms with Crippen molar-refractivity contribution in [1.29, 1.82) is 0 Å². The minimum atomic E-state index is -1.25. The zero-order valence-corrected chi connectivity index (χ0v) is 33.9. The van der Waals surface area contributed by atoms with E-state index < -0.39 is 59.8 Å². The van der Waals surface area contributed by atoms with Crippen molar-refractivity contribution in [3.8, 4) is 0 Å². The number of H-pyrrole nitrogens is 3. The molecule has 0 saturated carbocycles. The maximum absolute atomic E-state index is 14.7. The topological polar surface area (TPSA) is 253 Å². The minimum absolute atomic E-state index is 0.0114. The Bertz CT molecular complexity index is 2430. The number of rotatable bonds is 21. The van der Waals surface area contributed by atoms with E-state index in [9.17, 15) is 29.1 Å². The first-order chi connectivity index (χ1) is 28.9. The van der Waals surface area contributed by atoms with Gasteiger partial charge < -0.3 is 52.8 Å². The summed E-state index contributed by atoms with van der Waals surface area (Å²) in [5.74, 6) is -3.60. The van der Waals surface area contributed by atoms with Crippen molar-refractivity contribution in [2.24, 2.45) is 17.4 Å². The molecule has 316 valence electrons. The number of carboxylic acids is 1. The summed E-state index contributed by atoms with van der Waals surface area (Å²) in [6.07, 6.45) is 7.02. The molecule has 0 radical (unpaired) electrons. The third kappa shape index (κ3) is 10.8. The molecule has 0 spiro atoms. The fourth-order valence-corrected chi connectivity index (χ4v) is 7.65. The molecule has 0 unspecified atom stereocenters. The molecule has 6 rings (SSSR count). The maximum atomic E-state index is 14.7. The van der Waals surface area contributed by atoms with Crippen LogP contribution in [0.4, 0.5) is 0 Å². The van der Waals surface area contributed by atoms with E-state index in [0.717, 1.165) is 49.4 Å². The Hall–Kier alpha value is -6.45. The Labute approximate surface area is 347 Å². The van der Waals surface area contributed by atoms with Crippen LogP contribution < -0.4 is 32.7 Å². The van der Waals surface area contributed by atoms with E-state index in [-0.39, 0.29) is 31.6 Å². The highest BCUT2D eigenvalue weighted by Crippen LogP contribution is 2.23. The van der Waals surface area contributed by atoms with E-state index in [0.29, 0.717) is 25.8 Å². The molecule has 0 fully saturated rings. The maximum Gasteiger partial charge on any atom is 0.326 e. The van der Waals surface area contributed by atoms with Gasteiger partial charge in [-0.25, -0.2) is 4.79 Å². The fraction of sp³-hybridized carbons (Fsp3) is 0.356. The van der Waals surface area contributed by atoms with Gasteiger partial charge in [-0.1, -0.05) is 68.4 Å². The number of carboxylic acid groups (broad SMARTS) is 1. The zero-order chi connectivity index (χ0) is 42.8. The standard InChI is InChI=1S/C45H55N9O6/c1-26(2)19-33(47)41(55)52-38(20-27-23-48-34-14-6-3-11-30(27)34)43(57)54-40(22-29-25-50-36-16-8-5-13-32(29)36)44(58)53-39(21-28-24-49-35-15-7-4-12-31(28)35)42(56)51-37(45(59)60)17-9-10-18-46/h3-8,11-16,23-26,33,37-40,48-50H,9-10,17-22,46-47H2,1-2H3,(H,51,56)(H,52,55)(H,53,58)(H,54,57)(H,59,60)/t33-,37-,38-,39-,40-/m0/s1. The summed E-state index contributed by atoms with van der Waals surface area (Å²) in [4.78, 5) is 78.7. The third-order valence-electron chi connectivity index (χ3n) is 10.8. The molecule has 5 atom stereocenters. The number of fused-ring (bicyclic) bond motifs is 3. The van der Waals surface area contributed by atoms with Gasteiger partial charge in [0.15, 0.2) is 0 Å². The van der Waals surface area contributed by atoms with Crippen LogP contribution in [0.5, 0.6) is 0 Å². The van der Waals surface area contributed by atoms with Crippen LogP contribution in [-0.2, 0) is 43.2 Å². The van der Waals surface area contributed by atoms with E-state index in [4.69, 9.17) is 11.5 Å². The van der Waals surface area contributed by atoms with Gasteiger partial charge >= 0.3 is 5.97 Å². The molecule has 0 saturated heterocycles. The molecule has 12 N–H and O–H groups in total. The van der Waals surface area contributed by atoms with Gasteiger partial charge in [0.2, 0.25) is 23.6 Å². The number of aromatic nitrogens is 3. The lowest BCUT2D eigenvalue weighted by atomic mass is 9.99. The second kappa shape index (κ2) is 20.0. The lowest BCUT2D eigenvalue weighted by Crippen LogP contribution is -2.59. The van der Waals surface area contributed by atoms with Crippen molar-refractivity contribution >= 4 is 62.3 Å². The summed E-state index contributed by atoms with van der Waals surface area (Å²) in [6, 6.07) is 16.9. The smallest absolute Gasteiger partial charge is 0.326 e. The average molecular weight is 818 g/mol. The lowest BCUT2D eigenvalue weighted by Gasteiger charge is -2.27. The number of carbonyl (C=O) groups is 5. The normalized spacial score (nSPS) is 14.1. The SMILES string of the molecule is CC(C)C[C@H](N)C(=O)N[C@@H](Cc1c[nH]c2ccccc12)C(=O)N[C@@H](Cc1c[nH]c2ccccc12)C(=O)N[C@@H](Cc1c[nH]c2ccccc12)C(=O)N[C@@H](CCCCN)C(=O)O. The van der Waals surface area contributed by atoms with Gasteiger partial charge in [0, 0.05) is 70.6 Å². The molecule has 15 heteroatoms. The predicted octanol–water partition coefficient (Wildman–Crippen LogP) is 3.68. The molecular weight excluding hydrogens is 763 g/mol. The molecule has 60 heavy (non-hydrogen) atoms. The Kier molecular flexibility index (Phi) is 14.4. The van der Waals surface area contributed by atoms with Crippen molar-refractivity contribution in [1.82, 2.24) is 36.2 Å². The summed E-state index contributed by atoms with van der Waals surface area (Å²) in [7, 11) is 0. The summed E-state index contributed by atoms with van der Waals surface area (Å²) in [5.41, 5.74) is 16.7. The molecule has 15 nitrogen and oxygen atoms in total. The molecule has 0 bridgehead atoms. The molecule has 0 aliphatic heterocycles. The Balaban J connectivity index is 1.32. The van der Waals surface area contributed by atoms with E-state index in [2.05, 4.69) is 36.2 Å². The number of nitrogens with two attached hydrogens (primary N) is 2. The van der Waals surface area contributed by atoms with Gasteiger partial charge in [0.1, 0.15) is 24.2 Å². The van der Waals surface area contributed by atoms with Crippen molar-refractivity contribution in [3.05, 3.63) is 108 Å². The fourth-order valence-electron chi connectivity index (χ4n) is 7.65. The highest BCUT2D eigenvalue weighted by Gasteiger charge is 2.33. The average Bonchev–Trinajstić information content (AvgIpc) is 3.96. The number of hydrogen-bond acceptors (Lipinski definition) is 7. The van der Waals surface area contributed by atoms with Gasteiger partial charge in [-0.05, 0) is 73.0 Å². The predicted molar refractivity (Wildman–Crippen MR) is 232 cm³/mol. The molecule has 4 amide bonds. The number of aromatic amines is 3. The molecular formula is C45H55N9O6. The zero-order valence-electron chi connectivity index (χ0n) is 33.9. The minimum Gasteiger partial charge on any atom is -0.480 e. The van der Waals surface area contributed by atoms with Crippen LogP contribution in [0, 0.1) is 5.92 Å². The van der Waals surface area contributed by atoms with Gasteiger partial charge in [-0.15, -0.1) is 0 Å². The highest BCUT2D eigenvalue weighted by molar-refractivity contribution is 5.97. The molecule has 0 aliphatic carbocycles. The summed E-state index contributed by atoms with van der Waals surface area (Å²) in [6.45, 7) is 4.28. The summed E-state index contributed by atoms with van der Waals surface area (Å²) >= 11 is 0. The van der Waals surface area contributed by atoms with E-state index in [1.54, 1.807) is 18.6 Å². The Morgan fingerprint density at radius 3 is 1.30 bits per heavy atom. The van der Waals surface area contributed by atoms with Gasteiger partial charge in [0.05, 0.1) is 6.04 Å². The highest BCUT2D eigenvalue weighted by atomic mass is 16.4. The number of benzene rings is 3. The van der Waals surface area contributed by atoms with Crippen LogP contribution in [0.1, 0.15) is 56.2 Å². The first kappa shape index (κ1) is 43.1. The quantitative estimate of drug-likeness (QED) is 0.0479. The largest absolute Gasteiger partial charge is 0.480 e. The van der Waals surface area contributed by atoms with Crippen molar-refractivity contribution < 1.29 is 29.1 Å². The summed E-state index contributed by atoms with van der Waals surface area (Å²) in [5, 5.41) is 23.8. The number of hydrogen-bond donors (Lipinski definition) is 10. The van der Waals surface area contributed by atoms with Gasteiger partial charge in [-0.3, -0.25) is 19.2 Å². The first-order valence-corrected chi connectivity index (χ1v) is 20.5. The number of aliphatic carboxylic acids is 1. The number of para-hydroxylation sites is 3. The summed E-state index contributed by atoms with van der Waals surface area (Å²) < 4.78 is 0. The number of nitrogens with one attached hydrogen (secondary N) is 7. The van der Waals surface area contributed by atoms with E-state index >= 15 is 0 Å². The monoisotopic (exact) mass is 817 g/mol. The number of amides is 4.